The number of aryl methyl sites for hydroxylation is 1. The van der Waals surface area contributed by atoms with Crippen LogP contribution in [0.15, 0.2) is 64.8 Å². The van der Waals surface area contributed by atoms with Gasteiger partial charge in [-0.05, 0) is 31.9 Å². The summed E-state index contributed by atoms with van der Waals surface area (Å²) in [4.78, 5) is 30.0. The first-order valence-corrected chi connectivity index (χ1v) is 10.9. The zero-order chi connectivity index (χ0) is 21.8. The third-order valence-electron chi connectivity index (χ3n) is 5.02. The lowest BCUT2D eigenvalue weighted by Gasteiger charge is -2.13. The minimum absolute atomic E-state index is 0.00844. The van der Waals surface area contributed by atoms with Crippen molar-refractivity contribution in [1.29, 1.82) is 0 Å². The van der Waals surface area contributed by atoms with Gasteiger partial charge in [-0.25, -0.2) is 9.78 Å². The Hall–Kier alpha value is -3.45. The van der Waals surface area contributed by atoms with Crippen molar-refractivity contribution in [3.05, 3.63) is 81.5 Å². The van der Waals surface area contributed by atoms with Crippen LogP contribution >= 0.6 is 11.3 Å². The van der Waals surface area contributed by atoms with Crippen LogP contribution < -0.4 is 10.3 Å². The van der Waals surface area contributed by atoms with Gasteiger partial charge in [-0.3, -0.25) is 9.36 Å². The molecule has 0 fully saturated rings. The molecular weight excluding hydrogens is 412 g/mol. The van der Waals surface area contributed by atoms with Crippen LogP contribution in [0.2, 0.25) is 0 Å². The van der Waals surface area contributed by atoms with Crippen LogP contribution in [-0.2, 0) is 6.54 Å². The van der Waals surface area contributed by atoms with Crippen molar-refractivity contribution in [3.8, 4) is 17.1 Å². The lowest BCUT2D eigenvalue weighted by molar-refractivity contribution is 0.0699. The Morgan fingerprint density at radius 3 is 2.55 bits per heavy atom. The fourth-order valence-corrected chi connectivity index (χ4v) is 4.29. The summed E-state index contributed by atoms with van der Waals surface area (Å²) in [5.74, 6) is 0.254. The molecule has 2 heterocycles. The minimum Gasteiger partial charge on any atom is -0.494 e. The van der Waals surface area contributed by atoms with Gasteiger partial charge in [0.1, 0.15) is 16.4 Å². The van der Waals surface area contributed by atoms with Crippen LogP contribution in [0.4, 0.5) is 0 Å². The van der Waals surface area contributed by atoms with E-state index in [0.717, 1.165) is 23.3 Å². The molecule has 6 nitrogen and oxygen atoms in total. The smallest absolute Gasteiger partial charge is 0.337 e. The SMILES string of the molecule is Cc1ccc(-c2nc3scc(C(=O)O)c3c(=O)n2CCCCOc2ccccc2)cc1. The Balaban J connectivity index is 1.62. The highest BCUT2D eigenvalue weighted by atomic mass is 32.1. The number of ether oxygens (including phenoxy) is 1. The van der Waals surface area contributed by atoms with Gasteiger partial charge in [-0.1, -0.05) is 48.0 Å². The Labute approximate surface area is 183 Å². The molecule has 0 aliphatic carbocycles. The molecule has 1 N–H and O–H groups in total. The average molecular weight is 435 g/mol. The number of benzene rings is 2. The van der Waals surface area contributed by atoms with E-state index in [1.807, 2.05) is 61.5 Å². The van der Waals surface area contributed by atoms with Crippen molar-refractivity contribution in [3.63, 3.8) is 0 Å². The van der Waals surface area contributed by atoms with E-state index in [4.69, 9.17) is 4.74 Å². The molecule has 0 saturated carbocycles. The largest absolute Gasteiger partial charge is 0.494 e. The highest BCUT2D eigenvalue weighted by Crippen LogP contribution is 2.26. The van der Waals surface area contributed by atoms with Crippen LogP contribution in [0.5, 0.6) is 5.75 Å². The molecule has 4 aromatic rings. The van der Waals surface area contributed by atoms with Gasteiger partial charge < -0.3 is 9.84 Å². The van der Waals surface area contributed by atoms with Crippen molar-refractivity contribution in [1.82, 2.24) is 9.55 Å². The van der Waals surface area contributed by atoms with Crippen molar-refractivity contribution in [2.75, 3.05) is 6.61 Å². The number of carbonyl (C=O) groups is 1. The Bertz CT molecular complexity index is 1260. The predicted octanol–water partition coefficient (Wildman–Crippen LogP) is 4.99. The third kappa shape index (κ3) is 4.51. The maximum absolute atomic E-state index is 13.3. The van der Waals surface area contributed by atoms with Crippen molar-refractivity contribution >= 4 is 27.5 Å². The zero-order valence-electron chi connectivity index (χ0n) is 17.1. The molecule has 0 saturated heterocycles. The third-order valence-corrected chi connectivity index (χ3v) is 5.89. The molecule has 0 amide bonds. The summed E-state index contributed by atoms with van der Waals surface area (Å²) in [5.41, 5.74) is 1.63. The molecular formula is C24H22N2O4S. The van der Waals surface area contributed by atoms with Gasteiger partial charge in [-0.2, -0.15) is 0 Å². The second kappa shape index (κ2) is 9.14. The van der Waals surface area contributed by atoms with Gasteiger partial charge in [-0.15, -0.1) is 11.3 Å². The molecule has 0 aliphatic heterocycles. The van der Waals surface area contributed by atoms with Gasteiger partial charge in [0.2, 0.25) is 0 Å². The summed E-state index contributed by atoms with van der Waals surface area (Å²) >= 11 is 1.18. The summed E-state index contributed by atoms with van der Waals surface area (Å²) in [6, 6.07) is 17.4. The summed E-state index contributed by atoms with van der Waals surface area (Å²) in [7, 11) is 0. The fourth-order valence-electron chi connectivity index (χ4n) is 3.39. The molecule has 158 valence electrons. The van der Waals surface area contributed by atoms with E-state index in [2.05, 4.69) is 4.98 Å². The number of hydrogen-bond acceptors (Lipinski definition) is 5. The normalized spacial score (nSPS) is 11.0. The number of rotatable bonds is 8. The standard InChI is InChI=1S/C24H22N2O4S/c1-16-9-11-17(12-10-16)21-25-22-20(19(15-31-22)24(28)29)23(27)26(21)13-5-6-14-30-18-7-3-2-4-8-18/h2-4,7-12,15H,5-6,13-14H2,1H3,(H,28,29). The second-order valence-electron chi connectivity index (χ2n) is 7.26. The topological polar surface area (TPSA) is 81.4 Å². The lowest BCUT2D eigenvalue weighted by Crippen LogP contribution is -2.24. The molecule has 0 unspecified atom stereocenters. The summed E-state index contributed by atoms with van der Waals surface area (Å²) in [6.45, 7) is 2.96. The number of nitrogens with zero attached hydrogens (tertiary/aromatic N) is 2. The summed E-state index contributed by atoms with van der Waals surface area (Å²) in [6.07, 6.45) is 1.45. The van der Waals surface area contributed by atoms with Gasteiger partial charge in [0, 0.05) is 17.5 Å². The van der Waals surface area contributed by atoms with Crippen LogP contribution in [0.25, 0.3) is 21.6 Å². The molecule has 0 atom stereocenters. The zero-order valence-corrected chi connectivity index (χ0v) is 17.9. The highest BCUT2D eigenvalue weighted by molar-refractivity contribution is 7.17. The summed E-state index contributed by atoms with van der Waals surface area (Å²) < 4.78 is 7.32. The van der Waals surface area contributed by atoms with E-state index in [0.29, 0.717) is 30.2 Å². The number of unbranched alkanes of at least 4 members (excludes halogenated alkanes) is 1. The van der Waals surface area contributed by atoms with E-state index >= 15 is 0 Å². The number of carboxylic acids is 1. The molecule has 0 radical (unpaired) electrons. The number of aromatic nitrogens is 2. The molecule has 2 aromatic carbocycles. The minimum atomic E-state index is -1.11. The van der Waals surface area contributed by atoms with Crippen LogP contribution in [-0.4, -0.2) is 27.2 Å². The van der Waals surface area contributed by atoms with E-state index in [1.54, 1.807) is 4.57 Å². The van der Waals surface area contributed by atoms with E-state index < -0.39 is 5.97 Å². The molecule has 31 heavy (non-hydrogen) atoms. The van der Waals surface area contributed by atoms with Crippen molar-refractivity contribution < 1.29 is 14.6 Å². The quantitative estimate of drug-likeness (QED) is 0.395. The molecule has 2 aromatic heterocycles. The second-order valence-corrected chi connectivity index (χ2v) is 8.12. The number of para-hydroxylation sites is 1. The number of fused-ring (bicyclic) bond motifs is 1. The van der Waals surface area contributed by atoms with Gasteiger partial charge in [0.25, 0.3) is 5.56 Å². The monoisotopic (exact) mass is 434 g/mol. The van der Waals surface area contributed by atoms with E-state index in [9.17, 15) is 14.7 Å². The number of thiophene rings is 1. The predicted molar refractivity (Wildman–Crippen MR) is 122 cm³/mol. The Kier molecular flexibility index (Phi) is 6.13. The molecule has 0 bridgehead atoms. The number of hydrogen-bond donors (Lipinski definition) is 1. The molecule has 4 rings (SSSR count). The van der Waals surface area contributed by atoms with E-state index in [-0.39, 0.29) is 16.5 Å². The van der Waals surface area contributed by atoms with Crippen LogP contribution in [0, 0.1) is 6.92 Å². The summed E-state index contributed by atoms with van der Waals surface area (Å²) in [5, 5.41) is 11.1. The lowest BCUT2D eigenvalue weighted by atomic mass is 10.1. The number of aromatic carboxylic acids is 1. The van der Waals surface area contributed by atoms with Crippen molar-refractivity contribution in [2.45, 2.75) is 26.3 Å². The maximum Gasteiger partial charge on any atom is 0.337 e. The van der Waals surface area contributed by atoms with Crippen molar-refractivity contribution in [2.24, 2.45) is 0 Å². The first-order valence-electron chi connectivity index (χ1n) is 10.0. The first-order chi connectivity index (χ1) is 15.0. The first kappa shape index (κ1) is 20.8. The van der Waals surface area contributed by atoms with Crippen LogP contribution in [0.3, 0.4) is 0 Å². The van der Waals surface area contributed by atoms with Gasteiger partial charge in [0.05, 0.1) is 17.6 Å². The van der Waals surface area contributed by atoms with Crippen LogP contribution in [0.1, 0.15) is 28.8 Å². The Morgan fingerprint density at radius 1 is 1.10 bits per heavy atom. The molecule has 7 heteroatoms. The number of carboxylic acid groups (broad SMARTS) is 1. The Morgan fingerprint density at radius 2 is 1.84 bits per heavy atom. The highest BCUT2D eigenvalue weighted by Gasteiger charge is 2.20. The van der Waals surface area contributed by atoms with E-state index in [1.165, 1.54) is 16.7 Å². The van der Waals surface area contributed by atoms with Gasteiger partial charge in [0.15, 0.2) is 0 Å². The molecule has 0 spiro atoms. The van der Waals surface area contributed by atoms with Gasteiger partial charge >= 0.3 is 5.97 Å². The molecule has 0 aliphatic rings. The maximum atomic E-state index is 13.3. The average Bonchev–Trinajstić information content (AvgIpc) is 3.21. The fraction of sp³-hybridized carbons (Fsp3) is 0.208.